The Hall–Kier alpha value is -2.37. The van der Waals surface area contributed by atoms with E-state index in [4.69, 9.17) is 9.84 Å². The molecule has 0 bridgehead atoms. The maximum absolute atomic E-state index is 10.9. The highest BCUT2D eigenvalue weighted by molar-refractivity contribution is 5.87. The minimum atomic E-state index is -0.901. The number of nitrogens with zero attached hydrogens (tertiary/aromatic N) is 1. The van der Waals surface area contributed by atoms with E-state index in [1.165, 1.54) is 5.56 Å². The van der Waals surface area contributed by atoms with Gasteiger partial charge in [-0.1, -0.05) is 24.3 Å². The molecule has 0 radical (unpaired) electrons. The Labute approximate surface area is 155 Å². The lowest BCUT2D eigenvalue weighted by Gasteiger charge is -2.25. The molecule has 26 heavy (non-hydrogen) atoms. The van der Waals surface area contributed by atoms with Crippen molar-refractivity contribution in [2.24, 2.45) is 0 Å². The summed E-state index contributed by atoms with van der Waals surface area (Å²) in [7, 11) is 4.12. The maximum atomic E-state index is 10.9. The quantitative estimate of drug-likeness (QED) is 0.719. The third kappa shape index (κ3) is 5.86. The summed E-state index contributed by atoms with van der Waals surface area (Å²) in [6, 6.07) is 15.4. The zero-order valence-electron chi connectivity index (χ0n) is 15.9. The van der Waals surface area contributed by atoms with Crippen molar-refractivity contribution < 1.29 is 14.6 Å². The molecular weight excluding hydrogens is 328 g/mol. The first kappa shape index (κ1) is 19.9. The monoisotopic (exact) mass is 356 g/mol. The third-order valence-corrected chi connectivity index (χ3v) is 4.13. The Bertz CT molecular complexity index is 694. The van der Waals surface area contributed by atoms with E-state index in [0.29, 0.717) is 12.1 Å². The van der Waals surface area contributed by atoms with Gasteiger partial charge >= 0.3 is 5.97 Å². The minimum absolute atomic E-state index is 0.166. The summed E-state index contributed by atoms with van der Waals surface area (Å²) in [6.07, 6.45) is 0.166. The largest absolute Gasteiger partial charge is 0.491 e. The summed E-state index contributed by atoms with van der Waals surface area (Å²) in [4.78, 5) is 13.1. The highest BCUT2D eigenvalue weighted by Gasteiger charge is 2.14. The topological polar surface area (TPSA) is 61.8 Å². The van der Waals surface area contributed by atoms with Crippen LogP contribution in [0.1, 0.15) is 41.4 Å². The number of nitrogens with one attached hydrogen (secondary N) is 1. The van der Waals surface area contributed by atoms with Crippen LogP contribution in [0.3, 0.4) is 0 Å². The zero-order chi connectivity index (χ0) is 19.1. The first-order valence-corrected chi connectivity index (χ1v) is 8.83. The van der Waals surface area contributed by atoms with Gasteiger partial charge in [0.25, 0.3) is 0 Å². The van der Waals surface area contributed by atoms with Gasteiger partial charge in [-0.15, -0.1) is 0 Å². The lowest BCUT2D eigenvalue weighted by atomic mass is 10.1. The van der Waals surface area contributed by atoms with E-state index in [-0.39, 0.29) is 12.1 Å². The molecule has 2 rings (SSSR count). The van der Waals surface area contributed by atoms with Crippen LogP contribution >= 0.6 is 0 Å². The average molecular weight is 356 g/mol. The van der Waals surface area contributed by atoms with E-state index in [2.05, 4.69) is 36.4 Å². The number of aromatic carboxylic acids is 1. The predicted octanol–water partition coefficient (Wildman–Crippen LogP) is 3.56. The lowest BCUT2D eigenvalue weighted by molar-refractivity contribution is 0.0697. The fourth-order valence-electron chi connectivity index (χ4n) is 2.76. The minimum Gasteiger partial charge on any atom is -0.491 e. The summed E-state index contributed by atoms with van der Waals surface area (Å²) in [5.41, 5.74) is 2.59. The van der Waals surface area contributed by atoms with Gasteiger partial charge in [-0.3, -0.25) is 0 Å². The molecule has 0 saturated heterocycles. The van der Waals surface area contributed by atoms with E-state index < -0.39 is 5.97 Å². The van der Waals surface area contributed by atoms with Gasteiger partial charge in [-0.25, -0.2) is 4.79 Å². The van der Waals surface area contributed by atoms with Gasteiger partial charge in [-0.2, -0.15) is 0 Å². The van der Waals surface area contributed by atoms with Crippen molar-refractivity contribution in [2.75, 3.05) is 20.6 Å². The maximum Gasteiger partial charge on any atom is 0.335 e. The van der Waals surface area contributed by atoms with Gasteiger partial charge in [0.05, 0.1) is 11.7 Å². The summed E-state index contributed by atoms with van der Waals surface area (Å²) in [5.74, 6) is -0.0187. The van der Waals surface area contributed by atoms with Crippen molar-refractivity contribution in [3.8, 4) is 5.75 Å². The first-order valence-electron chi connectivity index (χ1n) is 8.83. The zero-order valence-corrected chi connectivity index (χ0v) is 15.9. The lowest BCUT2D eigenvalue weighted by Crippen LogP contribution is -2.30. The van der Waals surface area contributed by atoms with Gasteiger partial charge < -0.3 is 20.1 Å². The summed E-state index contributed by atoms with van der Waals surface area (Å²) in [5, 5.41) is 12.4. The number of hydrogen-bond acceptors (Lipinski definition) is 4. The Morgan fingerprint density at radius 2 is 1.69 bits per heavy atom. The normalized spacial score (nSPS) is 12.4. The molecule has 0 aromatic heterocycles. The predicted molar refractivity (Wildman–Crippen MR) is 104 cm³/mol. The Kier molecular flexibility index (Phi) is 7.18. The van der Waals surface area contributed by atoms with E-state index in [1.807, 2.05) is 38.1 Å². The molecule has 0 aliphatic rings. The molecule has 0 aliphatic carbocycles. The highest BCUT2D eigenvalue weighted by atomic mass is 16.5. The molecule has 5 nitrogen and oxygen atoms in total. The van der Waals surface area contributed by atoms with Gasteiger partial charge in [0.2, 0.25) is 0 Å². The number of benzene rings is 2. The van der Waals surface area contributed by atoms with Crippen LogP contribution in [0.2, 0.25) is 0 Å². The SMILES string of the molecule is CC(C)Oc1ccc(C(CNCc2ccc(C(=O)O)cc2)N(C)C)cc1. The fraction of sp³-hybridized carbons (Fsp3) is 0.381. The third-order valence-electron chi connectivity index (χ3n) is 4.13. The summed E-state index contributed by atoms with van der Waals surface area (Å²) >= 11 is 0. The van der Waals surface area contributed by atoms with Crippen LogP contribution in [-0.2, 0) is 6.54 Å². The van der Waals surface area contributed by atoms with Gasteiger partial charge in [0.15, 0.2) is 0 Å². The molecule has 1 atom stereocenters. The van der Waals surface area contributed by atoms with Crippen LogP contribution in [0.15, 0.2) is 48.5 Å². The van der Waals surface area contributed by atoms with Crippen LogP contribution in [0.5, 0.6) is 5.75 Å². The van der Waals surface area contributed by atoms with Crippen LogP contribution in [0.4, 0.5) is 0 Å². The van der Waals surface area contributed by atoms with E-state index in [1.54, 1.807) is 12.1 Å². The van der Waals surface area contributed by atoms with Crippen molar-refractivity contribution >= 4 is 5.97 Å². The van der Waals surface area contributed by atoms with Crippen molar-refractivity contribution in [2.45, 2.75) is 32.5 Å². The van der Waals surface area contributed by atoms with Crippen LogP contribution in [-0.4, -0.2) is 42.7 Å². The number of carbonyl (C=O) groups is 1. The molecule has 0 fully saturated rings. The van der Waals surface area contributed by atoms with Gasteiger partial charge in [0, 0.05) is 19.1 Å². The second kappa shape index (κ2) is 9.36. The highest BCUT2D eigenvalue weighted by Crippen LogP contribution is 2.21. The van der Waals surface area contributed by atoms with E-state index >= 15 is 0 Å². The Balaban J connectivity index is 1.94. The average Bonchev–Trinajstić information content (AvgIpc) is 2.59. The molecule has 1 unspecified atom stereocenters. The molecule has 0 saturated carbocycles. The Morgan fingerprint density at radius 1 is 1.08 bits per heavy atom. The molecule has 2 aromatic carbocycles. The van der Waals surface area contributed by atoms with E-state index in [0.717, 1.165) is 17.9 Å². The molecule has 140 valence electrons. The molecule has 2 N–H and O–H groups in total. The summed E-state index contributed by atoms with van der Waals surface area (Å²) < 4.78 is 5.70. The van der Waals surface area contributed by atoms with Gasteiger partial charge in [0.1, 0.15) is 5.75 Å². The Morgan fingerprint density at radius 3 is 2.19 bits per heavy atom. The molecule has 0 spiro atoms. The van der Waals surface area contributed by atoms with Crippen molar-refractivity contribution in [3.63, 3.8) is 0 Å². The first-order chi connectivity index (χ1) is 12.4. The molecular formula is C21H28N2O3. The fourth-order valence-corrected chi connectivity index (χ4v) is 2.76. The molecule has 5 heteroatoms. The number of ether oxygens (including phenoxy) is 1. The van der Waals surface area contributed by atoms with Crippen molar-refractivity contribution in [1.82, 2.24) is 10.2 Å². The van der Waals surface area contributed by atoms with Crippen LogP contribution < -0.4 is 10.1 Å². The van der Waals surface area contributed by atoms with Crippen LogP contribution in [0.25, 0.3) is 0 Å². The van der Waals surface area contributed by atoms with E-state index in [9.17, 15) is 4.79 Å². The standard InChI is InChI=1S/C21H28N2O3/c1-15(2)26-19-11-9-17(10-12-19)20(23(3)4)14-22-13-16-5-7-18(8-6-16)21(24)25/h5-12,15,20,22H,13-14H2,1-4H3,(H,24,25). The summed E-state index contributed by atoms with van der Waals surface area (Å²) in [6.45, 7) is 5.52. The molecule has 0 amide bonds. The second-order valence-corrected chi connectivity index (χ2v) is 6.85. The van der Waals surface area contributed by atoms with Crippen molar-refractivity contribution in [1.29, 1.82) is 0 Å². The van der Waals surface area contributed by atoms with Crippen LogP contribution in [0, 0.1) is 0 Å². The number of rotatable bonds is 9. The smallest absolute Gasteiger partial charge is 0.335 e. The number of hydrogen-bond donors (Lipinski definition) is 2. The number of carboxylic acid groups (broad SMARTS) is 1. The number of likely N-dealkylation sites (N-methyl/N-ethyl adjacent to an activating group) is 1. The van der Waals surface area contributed by atoms with Gasteiger partial charge in [-0.05, 0) is 63.3 Å². The van der Waals surface area contributed by atoms with Crippen molar-refractivity contribution in [3.05, 3.63) is 65.2 Å². The molecule has 0 aliphatic heterocycles. The molecule has 2 aromatic rings. The molecule has 0 heterocycles. The second-order valence-electron chi connectivity index (χ2n) is 6.85. The number of carboxylic acids is 1.